The van der Waals surface area contributed by atoms with Crippen molar-refractivity contribution in [1.29, 1.82) is 0 Å². The number of hydrogen-bond acceptors (Lipinski definition) is 5. The lowest BCUT2D eigenvalue weighted by Crippen LogP contribution is -2.48. The van der Waals surface area contributed by atoms with Gasteiger partial charge < -0.3 is 15.0 Å². The first-order chi connectivity index (χ1) is 13.9. The van der Waals surface area contributed by atoms with Gasteiger partial charge in [-0.1, -0.05) is 12.8 Å². The van der Waals surface area contributed by atoms with Crippen molar-refractivity contribution in [3.8, 4) is 5.75 Å². The van der Waals surface area contributed by atoms with Gasteiger partial charge >= 0.3 is 0 Å². The monoisotopic (exact) mass is 421 g/mol. The normalized spacial score (nSPS) is 23.1. The number of benzene rings is 1. The summed E-state index contributed by atoms with van der Waals surface area (Å²) in [5, 5.41) is 2.69. The van der Waals surface area contributed by atoms with E-state index in [4.69, 9.17) is 4.74 Å². The summed E-state index contributed by atoms with van der Waals surface area (Å²) in [6.07, 6.45) is 5.38. The van der Waals surface area contributed by atoms with E-state index >= 15 is 0 Å². The second-order valence-corrected chi connectivity index (χ2v) is 9.82. The fourth-order valence-corrected chi connectivity index (χ4v) is 6.27. The molecule has 2 saturated heterocycles. The van der Waals surface area contributed by atoms with Crippen LogP contribution in [0.1, 0.15) is 44.1 Å². The molecule has 3 heterocycles. The molecule has 3 aliphatic heterocycles. The number of ether oxygens (including phenoxy) is 1. The second kappa shape index (κ2) is 7.95. The Morgan fingerprint density at radius 1 is 1.10 bits per heavy atom. The van der Waals surface area contributed by atoms with Gasteiger partial charge in [0.2, 0.25) is 15.9 Å². The molecule has 2 amide bonds. The van der Waals surface area contributed by atoms with Gasteiger partial charge in [0, 0.05) is 25.7 Å². The van der Waals surface area contributed by atoms with E-state index in [0.717, 1.165) is 25.7 Å². The van der Waals surface area contributed by atoms with Crippen LogP contribution in [0.15, 0.2) is 17.0 Å². The Morgan fingerprint density at radius 3 is 2.55 bits per heavy atom. The number of amides is 2. The standard InChI is InChI=1S/C20H27N3O5S/c1-14-11-15-17(28-13-19(24)21-15)12-18(14)29(26,27)23-10-6-7-16(23)20(25)22-8-4-2-3-5-9-22/h11-12,16H,2-10,13H2,1H3,(H,21,24)/t16-/m0/s1. The molecule has 0 radical (unpaired) electrons. The fourth-order valence-electron chi connectivity index (χ4n) is 4.40. The van der Waals surface area contributed by atoms with Crippen molar-refractivity contribution in [2.75, 3.05) is 31.6 Å². The van der Waals surface area contributed by atoms with Gasteiger partial charge in [0.25, 0.3) is 5.91 Å². The first-order valence-corrected chi connectivity index (χ1v) is 11.7. The van der Waals surface area contributed by atoms with Crippen molar-refractivity contribution in [1.82, 2.24) is 9.21 Å². The summed E-state index contributed by atoms with van der Waals surface area (Å²) >= 11 is 0. The summed E-state index contributed by atoms with van der Waals surface area (Å²) in [5.41, 5.74) is 0.985. The third kappa shape index (κ3) is 3.85. The van der Waals surface area contributed by atoms with E-state index in [2.05, 4.69) is 5.32 Å². The molecule has 2 fully saturated rings. The maximum atomic E-state index is 13.5. The Kier molecular flexibility index (Phi) is 5.52. The number of aryl methyl sites for hydroxylation is 1. The highest BCUT2D eigenvalue weighted by molar-refractivity contribution is 7.89. The molecule has 1 aromatic carbocycles. The maximum Gasteiger partial charge on any atom is 0.262 e. The zero-order valence-corrected chi connectivity index (χ0v) is 17.5. The smallest absolute Gasteiger partial charge is 0.262 e. The minimum absolute atomic E-state index is 0.0768. The predicted molar refractivity (Wildman–Crippen MR) is 107 cm³/mol. The van der Waals surface area contributed by atoms with E-state index in [1.54, 1.807) is 13.0 Å². The minimum atomic E-state index is -3.87. The van der Waals surface area contributed by atoms with Crippen LogP contribution >= 0.6 is 0 Å². The fraction of sp³-hybridized carbons (Fsp3) is 0.600. The average molecular weight is 422 g/mol. The Morgan fingerprint density at radius 2 is 1.83 bits per heavy atom. The van der Waals surface area contributed by atoms with E-state index in [1.165, 1.54) is 10.4 Å². The molecule has 0 aromatic heterocycles. The molecular weight excluding hydrogens is 394 g/mol. The predicted octanol–water partition coefficient (Wildman–Crippen LogP) is 1.88. The van der Waals surface area contributed by atoms with Gasteiger partial charge in [-0.05, 0) is 44.2 Å². The Hall–Kier alpha value is -2.13. The lowest BCUT2D eigenvalue weighted by Gasteiger charge is -2.30. The highest BCUT2D eigenvalue weighted by Gasteiger charge is 2.42. The summed E-state index contributed by atoms with van der Waals surface area (Å²) in [5.74, 6) is -0.00868. The highest BCUT2D eigenvalue weighted by atomic mass is 32.2. The summed E-state index contributed by atoms with van der Waals surface area (Å²) < 4.78 is 33.7. The van der Waals surface area contributed by atoms with Gasteiger partial charge in [-0.3, -0.25) is 9.59 Å². The molecule has 0 bridgehead atoms. The van der Waals surface area contributed by atoms with Crippen LogP contribution in [0.25, 0.3) is 0 Å². The first-order valence-electron chi connectivity index (χ1n) is 10.3. The number of fused-ring (bicyclic) bond motifs is 1. The van der Waals surface area contributed by atoms with Crippen LogP contribution in [-0.4, -0.2) is 61.7 Å². The number of anilines is 1. The van der Waals surface area contributed by atoms with Gasteiger partial charge in [0.15, 0.2) is 6.61 Å². The lowest BCUT2D eigenvalue weighted by atomic mass is 10.2. The highest BCUT2D eigenvalue weighted by Crippen LogP contribution is 2.36. The first kappa shape index (κ1) is 20.2. The van der Waals surface area contributed by atoms with Crippen molar-refractivity contribution in [3.63, 3.8) is 0 Å². The van der Waals surface area contributed by atoms with Crippen LogP contribution in [0, 0.1) is 6.92 Å². The molecule has 29 heavy (non-hydrogen) atoms. The quantitative estimate of drug-likeness (QED) is 0.804. The third-order valence-electron chi connectivity index (χ3n) is 5.90. The number of nitrogens with zero attached hydrogens (tertiary/aromatic N) is 2. The Balaban J connectivity index is 1.62. The van der Waals surface area contributed by atoms with Crippen molar-refractivity contribution in [3.05, 3.63) is 17.7 Å². The van der Waals surface area contributed by atoms with Crippen molar-refractivity contribution in [2.24, 2.45) is 0 Å². The molecule has 8 nitrogen and oxygen atoms in total. The van der Waals surface area contributed by atoms with E-state index < -0.39 is 16.1 Å². The minimum Gasteiger partial charge on any atom is -0.482 e. The molecule has 1 N–H and O–H groups in total. The SMILES string of the molecule is Cc1cc2c(cc1S(=O)(=O)N1CCC[C@H]1C(=O)N1CCCCCC1)OCC(=O)N2. The average Bonchev–Trinajstić information content (AvgIpc) is 3.03. The van der Waals surface area contributed by atoms with Gasteiger partial charge in [-0.25, -0.2) is 8.42 Å². The number of carbonyl (C=O) groups excluding carboxylic acids is 2. The van der Waals surface area contributed by atoms with Crippen molar-refractivity contribution >= 4 is 27.5 Å². The summed E-state index contributed by atoms with van der Waals surface area (Å²) in [4.78, 5) is 26.6. The van der Waals surface area contributed by atoms with E-state index in [-0.39, 0.29) is 23.3 Å². The molecule has 1 atom stereocenters. The number of carbonyl (C=O) groups is 2. The number of hydrogen-bond donors (Lipinski definition) is 1. The van der Waals surface area contributed by atoms with E-state index in [1.807, 2.05) is 4.90 Å². The van der Waals surface area contributed by atoms with Crippen molar-refractivity contribution in [2.45, 2.75) is 56.4 Å². The molecule has 0 unspecified atom stereocenters. The van der Waals surface area contributed by atoms with Crippen LogP contribution in [0.2, 0.25) is 0 Å². The zero-order valence-electron chi connectivity index (χ0n) is 16.6. The molecule has 9 heteroatoms. The number of likely N-dealkylation sites (tertiary alicyclic amines) is 1. The zero-order chi connectivity index (χ0) is 20.6. The van der Waals surface area contributed by atoms with Crippen LogP contribution in [0.3, 0.4) is 0 Å². The van der Waals surface area contributed by atoms with Gasteiger partial charge in [-0.2, -0.15) is 4.31 Å². The summed E-state index contributed by atoms with van der Waals surface area (Å²) in [7, 11) is -3.87. The second-order valence-electron chi connectivity index (χ2n) is 7.96. The Bertz CT molecular complexity index is 922. The van der Waals surface area contributed by atoms with Crippen LogP contribution in [0.5, 0.6) is 5.75 Å². The van der Waals surface area contributed by atoms with E-state index in [9.17, 15) is 18.0 Å². The summed E-state index contributed by atoms with van der Waals surface area (Å²) in [6.45, 7) is 3.29. The van der Waals surface area contributed by atoms with Gasteiger partial charge in [0.05, 0.1) is 10.6 Å². The molecule has 158 valence electrons. The molecule has 4 rings (SSSR count). The largest absolute Gasteiger partial charge is 0.482 e. The van der Waals surface area contributed by atoms with Crippen LogP contribution in [0.4, 0.5) is 5.69 Å². The molecular formula is C20H27N3O5S. The molecule has 3 aliphatic rings. The third-order valence-corrected chi connectivity index (χ3v) is 7.95. The molecule has 0 spiro atoms. The van der Waals surface area contributed by atoms with Crippen LogP contribution < -0.4 is 10.1 Å². The lowest BCUT2D eigenvalue weighted by molar-refractivity contribution is -0.134. The molecule has 0 saturated carbocycles. The molecule has 0 aliphatic carbocycles. The maximum absolute atomic E-state index is 13.5. The molecule has 1 aromatic rings. The summed E-state index contributed by atoms with van der Waals surface area (Å²) in [6, 6.07) is 2.43. The van der Waals surface area contributed by atoms with Crippen LogP contribution in [-0.2, 0) is 19.6 Å². The van der Waals surface area contributed by atoms with Gasteiger partial charge in [0.1, 0.15) is 11.8 Å². The number of nitrogens with one attached hydrogen (secondary N) is 1. The number of sulfonamides is 1. The van der Waals surface area contributed by atoms with E-state index in [0.29, 0.717) is 49.5 Å². The van der Waals surface area contributed by atoms with Crippen molar-refractivity contribution < 1.29 is 22.7 Å². The topological polar surface area (TPSA) is 96.0 Å². The van der Waals surface area contributed by atoms with Gasteiger partial charge in [-0.15, -0.1) is 0 Å². The Labute approximate surface area is 171 Å². The number of rotatable bonds is 3.